The van der Waals surface area contributed by atoms with Crippen molar-refractivity contribution in [2.75, 3.05) is 32.8 Å². The molecule has 0 saturated carbocycles. The number of rotatable bonds is 5. The van der Waals surface area contributed by atoms with Crippen molar-refractivity contribution in [3.63, 3.8) is 0 Å². The molecule has 4 nitrogen and oxygen atoms in total. The Morgan fingerprint density at radius 3 is 2.45 bits per heavy atom. The predicted octanol–water partition coefficient (Wildman–Crippen LogP) is 1.76. The third-order valence-electron chi connectivity index (χ3n) is 3.83. The van der Waals surface area contributed by atoms with Gasteiger partial charge in [0.05, 0.1) is 6.61 Å². The molecule has 20 heavy (non-hydrogen) atoms. The highest BCUT2D eigenvalue weighted by atomic mass is 16.5. The van der Waals surface area contributed by atoms with Crippen LogP contribution < -0.4 is 0 Å². The van der Waals surface area contributed by atoms with Crippen LogP contribution in [0.25, 0.3) is 0 Å². The summed E-state index contributed by atoms with van der Waals surface area (Å²) in [5.74, 6) is -0.107. The molecule has 1 saturated heterocycles. The van der Waals surface area contributed by atoms with Gasteiger partial charge in [0.2, 0.25) is 0 Å². The van der Waals surface area contributed by atoms with E-state index in [2.05, 4.69) is 34.1 Å². The summed E-state index contributed by atoms with van der Waals surface area (Å²) < 4.78 is 5.09. The highest BCUT2D eigenvalue weighted by Gasteiger charge is 2.26. The number of nitrogens with zero attached hydrogens (tertiary/aromatic N) is 2. The quantitative estimate of drug-likeness (QED) is 0.767. The van der Waals surface area contributed by atoms with Crippen LogP contribution in [0.4, 0.5) is 0 Å². The lowest BCUT2D eigenvalue weighted by atomic mass is 10.2. The van der Waals surface area contributed by atoms with E-state index >= 15 is 0 Å². The van der Waals surface area contributed by atoms with E-state index < -0.39 is 0 Å². The van der Waals surface area contributed by atoms with Gasteiger partial charge in [0, 0.05) is 32.7 Å². The SMILES string of the molecule is CCOC(=O)[C@@H](C)N1CCN(Cc2ccccc2)CC1. The van der Waals surface area contributed by atoms with Crippen LogP contribution in [0.5, 0.6) is 0 Å². The molecule has 1 aromatic carbocycles. The van der Waals surface area contributed by atoms with E-state index in [0.717, 1.165) is 32.7 Å². The molecule has 0 bridgehead atoms. The van der Waals surface area contributed by atoms with Gasteiger partial charge >= 0.3 is 5.97 Å². The van der Waals surface area contributed by atoms with E-state index in [1.807, 2.05) is 19.9 Å². The molecule has 1 atom stereocenters. The number of hydrogen-bond donors (Lipinski definition) is 0. The highest BCUT2D eigenvalue weighted by molar-refractivity contribution is 5.75. The molecular weight excluding hydrogens is 252 g/mol. The third-order valence-corrected chi connectivity index (χ3v) is 3.83. The molecule has 1 fully saturated rings. The second kappa shape index (κ2) is 7.41. The number of piperazine rings is 1. The van der Waals surface area contributed by atoms with Gasteiger partial charge in [-0.2, -0.15) is 0 Å². The minimum Gasteiger partial charge on any atom is -0.465 e. The third kappa shape index (κ3) is 4.05. The topological polar surface area (TPSA) is 32.8 Å². The lowest BCUT2D eigenvalue weighted by Crippen LogP contribution is -2.51. The summed E-state index contributed by atoms with van der Waals surface area (Å²) in [6.07, 6.45) is 0. The van der Waals surface area contributed by atoms with Crippen LogP contribution in [-0.4, -0.2) is 54.6 Å². The predicted molar refractivity (Wildman–Crippen MR) is 79.4 cm³/mol. The monoisotopic (exact) mass is 276 g/mol. The van der Waals surface area contributed by atoms with Crippen molar-refractivity contribution in [2.24, 2.45) is 0 Å². The molecule has 0 N–H and O–H groups in total. The molecular formula is C16H24N2O2. The number of hydrogen-bond acceptors (Lipinski definition) is 4. The Hall–Kier alpha value is -1.39. The smallest absolute Gasteiger partial charge is 0.323 e. The molecule has 1 aliphatic rings. The highest BCUT2D eigenvalue weighted by Crippen LogP contribution is 2.11. The summed E-state index contributed by atoms with van der Waals surface area (Å²) in [6, 6.07) is 10.4. The lowest BCUT2D eigenvalue weighted by molar-refractivity contribution is -0.149. The first kappa shape index (κ1) is 15.0. The Bertz CT molecular complexity index is 414. The summed E-state index contributed by atoms with van der Waals surface area (Å²) in [4.78, 5) is 16.4. The standard InChI is InChI=1S/C16H24N2O2/c1-3-20-16(19)14(2)18-11-9-17(10-12-18)13-15-7-5-4-6-8-15/h4-8,14H,3,9-13H2,1-2H3/t14-/m1/s1. The van der Waals surface area contributed by atoms with Crippen molar-refractivity contribution in [1.29, 1.82) is 0 Å². The van der Waals surface area contributed by atoms with Crippen molar-refractivity contribution in [3.8, 4) is 0 Å². The van der Waals surface area contributed by atoms with Crippen molar-refractivity contribution in [2.45, 2.75) is 26.4 Å². The van der Waals surface area contributed by atoms with Crippen LogP contribution in [0.3, 0.4) is 0 Å². The van der Waals surface area contributed by atoms with Crippen LogP contribution >= 0.6 is 0 Å². The van der Waals surface area contributed by atoms with Gasteiger partial charge in [-0.3, -0.25) is 14.6 Å². The van der Waals surface area contributed by atoms with Gasteiger partial charge in [0.1, 0.15) is 6.04 Å². The maximum atomic E-state index is 11.7. The summed E-state index contributed by atoms with van der Waals surface area (Å²) in [5.41, 5.74) is 1.35. The second-order valence-corrected chi connectivity index (χ2v) is 5.23. The Kier molecular flexibility index (Phi) is 5.56. The van der Waals surface area contributed by atoms with Crippen molar-refractivity contribution >= 4 is 5.97 Å². The number of ether oxygens (including phenoxy) is 1. The fraction of sp³-hybridized carbons (Fsp3) is 0.562. The molecule has 0 spiro atoms. The summed E-state index contributed by atoms with van der Waals surface area (Å²) in [5, 5.41) is 0. The molecule has 1 aromatic rings. The maximum Gasteiger partial charge on any atom is 0.323 e. The van der Waals surface area contributed by atoms with E-state index in [1.54, 1.807) is 0 Å². The summed E-state index contributed by atoms with van der Waals surface area (Å²) in [7, 11) is 0. The number of esters is 1. The molecule has 1 aliphatic heterocycles. The van der Waals surface area contributed by atoms with E-state index in [0.29, 0.717) is 6.61 Å². The van der Waals surface area contributed by atoms with Crippen molar-refractivity contribution in [1.82, 2.24) is 9.80 Å². The fourth-order valence-electron chi connectivity index (χ4n) is 2.56. The largest absolute Gasteiger partial charge is 0.465 e. The maximum absolute atomic E-state index is 11.7. The first-order valence-electron chi connectivity index (χ1n) is 7.37. The lowest BCUT2D eigenvalue weighted by Gasteiger charge is -2.37. The zero-order valence-electron chi connectivity index (χ0n) is 12.4. The zero-order valence-corrected chi connectivity index (χ0v) is 12.4. The van der Waals surface area contributed by atoms with E-state index in [9.17, 15) is 4.79 Å². The second-order valence-electron chi connectivity index (χ2n) is 5.23. The Morgan fingerprint density at radius 2 is 1.85 bits per heavy atom. The van der Waals surface area contributed by atoms with Crippen LogP contribution in [0.15, 0.2) is 30.3 Å². The van der Waals surface area contributed by atoms with Gasteiger partial charge in [0.25, 0.3) is 0 Å². The number of carbonyl (C=O) groups excluding carboxylic acids is 1. The van der Waals surface area contributed by atoms with Crippen molar-refractivity contribution in [3.05, 3.63) is 35.9 Å². The van der Waals surface area contributed by atoms with Gasteiger partial charge in [-0.15, -0.1) is 0 Å². The van der Waals surface area contributed by atoms with Gasteiger partial charge in [0.15, 0.2) is 0 Å². The van der Waals surface area contributed by atoms with E-state index in [4.69, 9.17) is 4.74 Å². The molecule has 0 aromatic heterocycles. The first-order chi connectivity index (χ1) is 9.70. The Labute approximate surface area is 121 Å². The zero-order chi connectivity index (χ0) is 14.4. The van der Waals surface area contributed by atoms with Gasteiger partial charge in [-0.05, 0) is 19.4 Å². The minimum absolute atomic E-state index is 0.107. The number of carbonyl (C=O) groups is 1. The van der Waals surface area contributed by atoms with E-state index in [1.165, 1.54) is 5.56 Å². The van der Waals surface area contributed by atoms with Crippen LogP contribution in [0.1, 0.15) is 19.4 Å². The molecule has 0 amide bonds. The van der Waals surface area contributed by atoms with Crippen molar-refractivity contribution < 1.29 is 9.53 Å². The summed E-state index contributed by atoms with van der Waals surface area (Å²) >= 11 is 0. The molecule has 4 heteroatoms. The molecule has 2 rings (SSSR count). The van der Waals surface area contributed by atoms with Gasteiger partial charge in [-0.1, -0.05) is 30.3 Å². The van der Waals surface area contributed by atoms with Gasteiger partial charge in [-0.25, -0.2) is 0 Å². The fourth-order valence-corrected chi connectivity index (χ4v) is 2.56. The average Bonchev–Trinajstić information content (AvgIpc) is 2.48. The van der Waals surface area contributed by atoms with Crippen LogP contribution in [-0.2, 0) is 16.1 Å². The van der Waals surface area contributed by atoms with Crippen LogP contribution in [0.2, 0.25) is 0 Å². The first-order valence-corrected chi connectivity index (χ1v) is 7.37. The Morgan fingerprint density at radius 1 is 1.20 bits per heavy atom. The van der Waals surface area contributed by atoms with E-state index in [-0.39, 0.29) is 12.0 Å². The molecule has 110 valence electrons. The molecule has 0 unspecified atom stereocenters. The average molecular weight is 276 g/mol. The summed E-state index contributed by atoms with van der Waals surface area (Å²) in [6.45, 7) is 9.07. The number of benzene rings is 1. The molecule has 1 heterocycles. The molecule has 0 aliphatic carbocycles. The van der Waals surface area contributed by atoms with Gasteiger partial charge < -0.3 is 4.74 Å². The Balaban J connectivity index is 1.79. The van der Waals surface area contributed by atoms with Crippen LogP contribution in [0, 0.1) is 0 Å². The molecule has 0 radical (unpaired) electrons. The minimum atomic E-state index is -0.131. The normalized spacial score (nSPS) is 18.7.